The molecule has 2 aliphatic heterocycles. The Morgan fingerprint density at radius 2 is 1.85 bits per heavy atom. The minimum absolute atomic E-state index is 0.202. The number of unbranched alkanes of at least 4 members (excludes halogenated alkanes) is 1. The number of ketones is 1. The van der Waals surface area contributed by atoms with Crippen molar-refractivity contribution in [2.75, 3.05) is 12.0 Å². The van der Waals surface area contributed by atoms with Crippen molar-refractivity contribution in [2.24, 2.45) is 11.8 Å². The largest absolute Gasteiger partial charge is 0.468 e. The average molecular weight is 467 g/mol. The molecule has 2 heterocycles. The topological polar surface area (TPSA) is 92.8 Å². The van der Waals surface area contributed by atoms with Crippen molar-refractivity contribution in [1.82, 2.24) is 5.32 Å². The first kappa shape index (κ1) is 23.8. The molecule has 0 bridgehead atoms. The van der Waals surface area contributed by atoms with Crippen LogP contribution in [0, 0.1) is 17.7 Å². The van der Waals surface area contributed by atoms with Gasteiger partial charge in [0.05, 0.1) is 24.6 Å². The Kier molecular flexibility index (Phi) is 6.36. The lowest BCUT2D eigenvalue weighted by Gasteiger charge is -2.32. The summed E-state index contributed by atoms with van der Waals surface area (Å²) in [5.41, 5.74) is -0.339. The lowest BCUT2D eigenvalue weighted by atomic mass is 9.76. The maximum Gasteiger partial charge on any atom is 0.326 e. The normalized spacial score (nSPS) is 26.0. The molecule has 0 saturated carbocycles. The van der Waals surface area contributed by atoms with Gasteiger partial charge in [0.2, 0.25) is 11.8 Å². The highest BCUT2D eigenvalue weighted by molar-refractivity contribution is 6.24. The van der Waals surface area contributed by atoms with Crippen molar-refractivity contribution >= 4 is 29.3 Å². The maximum absolute atomic E-state index is 14.1. The van der Waals surface area contributed by atoms with Gasteiger partial charge < -0.3 is 4.74 Å². The van der Waals surface area contributed by atoms with Crippen LogP contribution in [-0.2, 0) is 19.1 Å². The van der Waals surface area contributed by atoms with Gasteiger partial charge >= 0.3 is 5.97 Å². The van der Waals surface area contributed by atoms with Crippen LogP contribution in [0.15, 0.2) is 48.5 Å². The average Bonchev–Trinajstić information content (AvgIpc) is 3.31. The van der Waals surface area contributed by atoms with E-state index in [0.717, 1.165) is 11.3 Å². The standard InChI is InChI=1S/C26H27FN2O5/c1-4-5-12-26(25(33)34-3)21-20(22(28-26)17-9-6-10-18(27)13-17)23(31)29(24(21)32)19-11-7-8-16(14-19)15(2)30/h6-11,13-14,20-22,28H,4-5,12H2,1-3H3/t20-,21-,22-,26+/m0/s1. The van der Waals surface area contributed by atoms with E-state index < -0.39 is 47.0 Å². The maximum atomic E-state index is 14.1. The van der Waals surface area contributed by atoms with Crippen molar-refractivity contribution in [2.45, 2.75) is 44.7 Å². The second kappa shape index (κ2) is 9.10. The molecule has 0 aliphatic carbocycles. The van der Waals surface area contributed by atoms with Gasteiger partial charge in [-0.15, -0.1) is 0 Å². The van der Waals surface area contributed by atoms with Gasteiger partial charge in [0, 0.05) is 11.6 Å². The summed E-state index contributed by atoms with van der Waals surface area (Å²) in [6, 6.07) is 11.3. The highest BCUT2D eigenvalue weighted by Gasteiger charge is 2.68. The highest BCUT2D eigenvalue weighted by atomic mass is 19.1. The van der Waals surface area contributed by atoms with Gasteiger partial charge in [0.25, 0.3) is 0 Å². The molecule has 0 spiro atoms. The number of halogens is 1. The molecule has 7 nitrogen and oxygen atoms in total. The lowest BCUT2D eigenvalue weighted by Crippen LogP contribution is -2.56. The number of anilines is 1. The number of hydrogen-bond acceptors (Lipinski definition) is 6. The van der Waals surface area contributed by atoms with E-state index in [1.807, 2.05) is 6.92 Å². The van der Waals surface area contributed by atoms with Gasteiger partial charge in [0.1, 0.15) is 11.4 Å². The Morgan fingerprint density at radius 1 is 1.12 bits per heavy atom. The number of ether oxygens (including phenoxy) is 1. The van der Waals surface area contributed by atoms with Crippen molar-refractivity contribution in [3.63, 3.8) is 0 Å². The Balaban J connectivity index is 1.87. The Bertz CT molecular complexity index is 1170. The van der Waals surface area contributed by atoms with Crippen LogP contribution in [0.5, 0.6) is 0 Å². The molecule has 34 heavy (non-hydrogen) atoms. The number of fused-ring (bicyclic) bond motifs is 1. The van der Waals surface area contributed by atoms with Crippen LogP contribution in [0.25, 0.3) is 0 Å². The van der Waals surface area contributed by atoms with Crippen LogP contribution >= 0.6 is 0 Å². The summed E-state index contributed by atoms with van der Waals surface area (Å²) in [6.07, 6.45) is 1.65. The summed E-state index contributed by atoms with van der Waals surface area (Å²) in [5.74, 6) is -4.33. The number of nitrogens with zero attached hydrogens (tertiary/aromatic N) is 1. The number of methoxy groups -OCH3 is 1. The van der Waals surface area contributed by atoms with Crippen LogP contribution in [0.4, 0.5) is 10.1 Å². The predicted octanol–water partition coefficient (Wildman–Crippen LogP) is 3.58. The Hall–Kier alpha value is -3.39. The van der Waals surface area contributed by atoms with Crippen LogP contribution in [0.3, 0.4) is 0 Å². The second-order valence-electron chi connectivity index (χ2n) is 8.87. The molecular formula is C26H27FN2O5. The minimum atomic E-state index is -1.44. The number of benzene rings is 2. The number of esters is 1. The van der Waals surface area contributed by atoms with Crippen molar-refractivity contribution in [3.8, 4) is 0 Å². The zero-order valence-corrected chi connectivity index (χ0v) is 19.3. The van der Waals surface area contributed by atoms with E-state index in [2.05, 4.69) is 5.32 Å². The fraction of sp³-hybridized carbons (Fsp3) is 0.385. The van der Waals surface area contributed by atoms with Gasteiger partial charge in [0.15, 0.2) is 5.78 Å². The molecule has 0 unspecified atom stereocenters. The number of rotatable bonds is 7. The first-order chi connectivity index (χ1) is 16.2. The Morgan fingerprint density at radius 3 is 2.50 bits per heavy atom. The lowest BCUT2D eigenvalue weighted by molar-refractivity contribution is -0.152. The number of carbonyl (C=O) groups excluding carboxylic acids is 4. The zero-order chi connectivity index (χ0) is 24.6. The minimum Gasteiger partial charge on any atom is -0.468 e. The fourth-order valence-electron chi connectivity index (χ4n) is 5.26. The SMILES string of the molecule is CCCC[C@@]1(C(=O)OC)N[C@@H](c2cccc(F)c2)[C@H]2C(=O)N(c3cccc(C(C)=O)c3)C(=O)[C@H]21. The number of imide groups is 1. The summed E-state index contributed by atoms with van der Waals surface area (Å²) >= 11 is 0. The molecule has 2 aromatic carbocycles. The number of carbonyl (C=O) groups is 4. The second-order valence-corrected chi connectivity index (χ2v) is 8.87. The van der Waals surface area contributed by atoms with Gasteiger partial charge in [-0.2, -0.15) is 0 Å². The number of amides is 2. The van der Waals surface area contributed by atoms with E-state index in [4.69, 9.17) is 4.74 Å². The molecule has 0 radical (unpaired) electrons. The molecule has 0 aromatic heterocycles. The fourth-order valence-corrected chi connectivity index (χ4v) is 5.26. The van der Waals surface area contributed by atoms with Crippen molar-refractivity contribution < 1.29 is 28.3 Å². The Labute approximate surface area is 197 Å². The molecule has 2 saturated heterocycles. The molecule has 1 N–H and O–H groups in total. The summed E-state index contributed by atoms with van der Waals surface area (Å²) in [5, 5.41) is 3.23. The summed E-state index contributed by atoms with van der Waals surface area (Å²) in [7, 11) is 1.25. The van der Waals surface area contributed by atoms with E-state index in [9.17, 15) is 23.6 Å². The summed E-state index contributed by atoms with van der Waals surface area (Å²) in [4.78, 5) is 53.7. The van der Waals surface area contributed by atoms with Crippen molar-refractivity contribution in [1.29, 1.82) is 0 Å². The van der Waals surface area contributed by atoms with Crippen LogP contribution in [0.1, 0.15) is 55.1 Å². The third-order valence-electron chi connectivity index (χ3n) is 6.85. The van der Waals surface area contributed by atoms with E-state index in [1.165, 1.54) is 38.3 Å². The van der Waals surface area contributed by atoms with Gasteiger partial charge in [-0.05, 0) is 43.2 Å². The van der Waals surface area contributed by atoms with E-state index >= 15 is 0 Å². The van der Waals surface area contributed by atoms with E-state index in [-0.39, 0.29) is 17.9 Å². The zero-order valence-electron chi connectivity index (χ0n) is 19.3. The van der Waals surface area contributed by atoms with Crippen molar-refractivity contribution in [3.05, 3.63) is 65.5 Å². The first-order valence-electron chi connectivity index (χ1n) is 11.4. The predicted molar refractivity (Wildman–Crippen MR) is 122 cm³/mol. The molecule has 178 valence electrons. The molecule has 2 aliphatic rings. The van der Waals surface area contributed by atoms with E-state index in [0.29, 0.717) is 17.5 Å². The molecular weight excluding hydrogens is 439 g/mol. The third-order valence-corrected chi connectivity index (χ3v) is 6.85. The number of Topliss-reactive ketones (excluding diaryl/α,β-unsaturated/α-hetero) is 1. The van der Waals surface area contributed by atoms with Gasteiger partial charge in [-0.3, -0.25) is 24.5 Å². The number of nitrogens with one attached hydrogen (secondary N) is 1. The molecule has 4 atom stereocenters. The molecule has 2 aromatic rings. The van der Waals surface area contributed by atoms with Crippen LogP contribution < -0.4 is 10.2 Å². The molecule has 2 fully saturated rings. The summed E-state index contributed by atoms with van der Waals surface area (Å²) < 4.78 is 19.2. The molecule has 2 amide bonds. The summed E-state index contributed by atoms with van der Waals surface area (Å²) in [6.45, 7) is 3.36. The monoisotopic (exact) mass is 466 g/mol. The van der Waals surface area contributed by atoms with Crippen LogP contribution in [0.2, 0.25) is 0 Å². The third kappa shape index (κ3) is 3.72. The quantitative estimate of drug-likeness (QED) is 0.381. The smallest absolute Gasteiger partial charge is 0.326 e. The van der Waals surface area contributed by atoms with Crippen LogP contribution in [-0.4, -0.2) is 36.2 Å². The molecule has 8 heteroatoms. The van der Waals surface area contributed by atoms with E-state index in [1.54, 1.807) is 24.3 Å². The highest BCUT2D eigenvalue weighted by Crippen LogP contribution is 2.51. The van der Waals surface area contributed by atoms with Gasteiger partial charge in [-0.1, -0.05) is 44.0 Å². The first-order valence-corrected chi connectivity index (χ1v) is 11.4. The number of hydrogen-bond donors (Lipinski definition) is 1. The molecule has 4 rings (SSSR count). The van der Waals surface area contributed by atoms with Gasteiger partial charge in [-0.25, -0.2) is 9.29 Å².